The fourth-order valence-corrected chi connectivity index (χ4v) is 1.42. The van der Waals surface area contributed by atoms with E-state index in [-0.39, 0.29) is 0 Å². The zero-order valence-electron chi connectivity index (χ0n) is 7.91. The van der Waals surface area contributed by atoms with Crippen LogP contribution in [-0.4, -0.2) is 25.7 Å². The van der Waals surface area contributed by atoms with Crippen molar-refractivity contribution in [2.75, 3.05) is 19.6 Å². The lowest BCUT2D eigenvalue weighted by atomic mass is 9.87. The normalized spacial score (nSPS) is 28.1. The van der Waals surface area contributed by atoms with Crippen molar-refractivity contribution in [3.63, 3.8) is 0 Å². The third-order valence-electron chi connectivity index (χ3n) is 2.31. The zero-order chi connectivity index (χ0) is 8.32. The number of hydrogen-bond acceptors (Lipinski definition) is 2. The highest BCUT2D eigenvalue weighted by atomic mass is 15.0. The van der Waals surface area contributed by atoms with Crippen molar-refractivity contribution in [3.05, 3.63) is 0 Å². The summed E-state index contributed by atoms with van der Waals surface area (Å²) in [5.41, 5.74) is 0.386. The van der Waals surface area contributed by atoms with Crippen LogP contribution in [0.25, 0.3) is 0 Å². The van der Waals surface area contributed by atoms with E-state index >= 15 is 0 Å². The molecule has 0 bridgehead atoms. The molecule has 0 radical (unpaired) electrons. The second-order valence-electron chi connectivity index (χ2n) is 4.43. The van der Waals surface area contributed by atoms with Crippen LogP contribution in [0, 0.1) is 5.41 Å². The lowest BCUT2D eigenvalue weighted by Gasteiger charge is -2.30. The molecule has 1 rings (SSSR count). The first-order valence-electron chi connectivity index (χ1n) is 4.55. The van der Waals surface area contributed by atoms with Crippen LogP contribution in [0.1, 0.15) is 27.2 Å². The maximum Gasteiger partial charge on any atom is 0.0240 e. The van der Waals surface area contributed by atoms with Crippen molar-refractivity contribution in [3.8, 4) is 0 Å². The van der Waals surface area contributed by atoms with Gasteiger partial charge in [-0.05, 0) is 24.9 Å². The van der Waals surface area contributed by atoms with Gasteiger partial charge in [0.2, 0.25) is 0 Å². The topological polar surface area (TPSA) is 24.1 Å². The van der Waals surface area contributed by atoms with Gasteiger partial charge in [-0.1, -0.05) is 20.8 Å². The Balaban J connectivity index is 2.43. The standard InChI is InChI=1S/C9H20N2/c1-9(2,3)8-7-10-5-4-6-11-8/h8,10-11H,4-7H2,1-3H3. The summed E-state index contributed by atoms with van der Waals surface area (Å²) in [6.45, 7) is 10.3. The Morgan fingerprint density at radius 1 is 1.18 bits per heavy atom. The molecule has 2 heteroatoms. The number of nitrogens with one attached hydrogen (secondary N) is 2. The van der Waals surface area contributed by atoms with E-state index in [0.717, 1.165) is 13.1 Å². The maximum atomic E-state index is 3.56. The van der Waals surface area contributed by atoms with E-state index < -0.39 is 0 Å². The van der Waals surface area contributed by atoms with Crippen LogP contribution >= 0.6 is 0 Å². The van der Waals surface area contributed by atoms with Crippen molar-refractivity contribution < 1.29 is 0 Å². The average molecular weight is 156 g/mol. The van der Waals surface area contributed by atoms with Gasteiger partial charge in [-0.25, -0.2) is 0 Å². The van der Waals surface area contributed by atoms with Gasteiger partial charge in [0.25, 0.3) is 0 Å². The van der Waals surface area contributed by atoms with Gasteiger partial charge in [-0.3, -0.25) is 0 Å². The smallest absolute Gasteiger partial charge is 0.0240 e. The van der Waals surface area contributed by atoms with Gasteiger partial charge >= 0.3 is 0 Å². The van der Waals surface area contributed by atoms with Gasteiger partial charge in [0.05, 0.1) is 0 Å². The summed E-state index contributed by atoms with van der Waals surface area (Å²) >= 11 is 0. The Bertz CT molecular complexity index is 107. The molecule has 1 heterocycles. The van der Waals surface area contributed by atoms with Crippen LogP contribution in [0.3, 0.4) is 0 Å². The second-order valence-corrected chi connectivity index (χ2v) is 4.43. The predicted octanol–water partition coefficient (Wildman–Crippen LogP) is 0.984. The fourth-order valence-electron chi connectivity index (χ4n) is 1.42. The molecule has 1 fully saturated rings. The fraction of sp³-hybridized carbons (Fsp3) is 1.00. The SMILES string of the molecule is CC(C)(C)C1CNCCCN1. The maximum absolute atomic E-state index is 3.56. The van der Waals surface area contributed by atoms with Crippen LogP contribution < -0.4 is 10.6 Å². The molecule has 0 aromatic heterocycles. The number of rotatable bonds is 0. The summed E-state index contributed by atoms with van der Waals surface area (Å²) in [6, 6.07) is 0.630. The Morgan fingerprint density at radius 2 is 1.91 bits per heavy atom. The average Bonchev–Trinajstić information content (AvgIpc) is 2.10. The molecular weight excluding hydrogens is 136 g/mol. The molecule has 2 nitrogen and oxygen atoms in total. The summed E-state index contributed by atoms with van der Waals surface area (Å²) < 4.78 is 0. The molecular formula is C9H20N2. The van der Waals surface area contributed by atoms with E-state index in [0.29, 0.717) is 11.5 Å². The van der Waals surface area contributed by atoms with Crippen molar-refractivity contribution >= 4 is 0 Å². The molecule has 66 valence electrons. The quantitative estimate of drug-likeness (QED) is 0.546. The molecule has 0 aromatic carbocycles. The van der Waals surface area contributed by atoms with Gasteiger partial charge in [0.1, 0.15) is 0 Å². The van der Waals surface area contributed by atoms with Gasteiger partial charge in [-0.15, -0.1) is 0 Å². The van der Waals surface area contributed by atoms with E-state index in [1.165, 1.54) is 13.0 Å². The molecule has 0 aliphatic carbocycles. The van der Waals surface area contributed by atoms with E-state index in [1.807, 2.05) is 0 Å². The molecule has 2 N–H and O–H groups in total. The molecule has 1 unspecified atom stereocenters. The first-order chi connectivity index (χ1) is 5.11. The van der Waals surface area contributed by atoms with Crippen LogP contribution in [-0.2, 0) is 0 Å². The minimum absolute atomic E-state index is 0.386. The highest BCUT2D eigenvalue weighted by Crippen LogP contribution is 2.19. The first-order valence-corrected chi connectivity index (χ1v) is 4.55. The summed E-state index contributed by atoms with van der Waals surface area (Å²) in [5, 5.41) is 7.00. The van der Waals surface area contributed by atoms with E-state index in [9.17, 15) is 0 Å². The molecule has 1 aliphatic heterocycles. The monoisotopic (exact) mass is 156 g/mol. The summed E-state index contributed by atoms with van der Waals surface area (Å²) in [4.78, 5) is 0. The molecule has 11 heavy (non-hydrogen) atoms. The largest absolute Gasteiger partial charge is 0.315 e. The van der Waals surface area contributed by atoms with Gasteiger partial charge < -0.3 is 10.6 Å². The van der Waals surface area contributed by atoms with Crippen molar-refractivity contribution in [1.82, 2.24) is 10.6 Å². The van der Waals surface area contributed by atoms with Crippen molar-refractivity contribution in [2.24, 2.45) is 5.41 Å². The van der Waals surface area contributed by atoms with Gasteiger partial charge in [0.15, 0.2) is 0 Å². The van der Waals surface area contributed by atoms with Crippen molar-refractivity contribution in [2.45, 2.75) is 33.2 Å². The van der Waals surface area contributed by atoms with Gasteiger partial charge in [-0.2, -0.15) is 0 Å². The second kappa shape index (κ2) is 3.55. The lowest BCUT2D eigenvalue weighted by molar-refractivity contribution is 0.274. The van der Waals surface area contributed by atoms with E-state index in [1.54, 1.807) is 0 Å². The first kappa shape index (κ1) is 9.01. The highest BCUT2D eigenvalue weighted by Gasteiger charge is 2.24. The summed E-state index contributed by atoms with van der Waals surface area (Å²) in [6.07, 6.45) is 1.26. The number of hydrogen-bond donors (Lipinski definition) is 2. The lowest BCUT2D eigenvalue weighted by Crippen LogP contribution is -2.45. The third kappa shape index (κ3) is 2.80. The van der Waals surface area contributed by atoms with E-state index in [2.05, 4.69) is 31.4 Å². The molecule has 0 aromatic rings. The van der Waals surface area contributed by atoms with Crippen LogP contribution in [0.5, 0.6) is 0 Å². The van der Waals surface area contributed by atoms with Crippen molar-refractivity contribution in [1.29, 1.82) is 0 Å². The summed E-state index contributed by atoms with van der Waals surface area (Å²) in [7, 11) is 0. The summed E-state index contributed by atoms with van der Waals surface area (Å²) in [5.74, 6) is 0. The third-order valence-corrected chi connectivity index (χ3v) is 2.31. The molecule has 0 amide bonds. The molecule has 1 atom stereocenters. The van der Waals surface area contributed by atoms with Gasteiger partial charge in [0, 0.05) is 12.6 Å². The van der Waals surface area contributed by atoms with Crippen LogP contribution in [0.4, 0.5) is 0 Å². The van der Waals surface area contributed by atoms with E-state index in [4.69, 9.17) is 0 Å². The molecule has 1 saturated heterocycles. The van der Waals surface area contributed by atoms with Crippen LogP contribution in [0.15, 0.2) is 0 Å². The minimum Gasteiger partial charge on any atom is -0.315 e. The van der Waals surface area contributed by atoms with Crippen LogP contribution in [0.2, 0.25) is 0 Å². The minimum atomic E-state index is 0.386. The Hall–Kier alpha value is -0.0800. The molecule has 0 spiro atoms. The molecule has 0 saturated carbocycles. The Labute approximate surface area is 69.8 Å². The Kier molecular flexibility index (Phi) is 2.90. The molecule has 1 aliphatic rings. The zero-order valence-corrected chi connectivity index (χ0v) is 7.91. The Morgan fingerprint density at radius 3 is 2.55 bits per heavy atom. The highest BCUT2D eigenvalue weighted by molar-refractivity contribution is 4.83. The predicted molar refractivity (Wildman–Crippen MR) is 48.7 cm³/mol.